The van der Waals surface area contributed by atoms with Gasteiger partial charge in [-0.15, -0.1) is 0 Å². The zero-order valence-corrected chi connectivity index (χ0v) is 18.7. The van der Waals surface area contributed by atoms with E-state index in [1.165, 1.54) is 17.8 Å². The Labute approximate surface area is 193 Å². The summed E-state index contributed by atoms with van der Waals surface area (Å²) in [6.45, 7) is 7.50. The number of hydrogen-bond donors (Lipinski definition) is 2. The summed E-state index contributed by atoms with van der Waals surface area (Å²) in [4.78, 5) is 18.2. The number of nitriles is 1. The molecular weight excluding hydrogens is 420 g/mol. The first-order valence-electron chi connectivity index (χ1n) is 10.8. The predicted molar refractivity (Wildman–Crippen MR) is 124 cm³/mol. The first-order valence-corrected chi connectivity index (χ1v) is 10.8. The number of hydrogen-bond acceptors (Lipinski definition) is 8. The third-order valence-electron chi connectivity index (χ3n) is 5.35. The molecule has 0 fully saturated rings. The topological polar surface area (TPSA) is 144 Å². The third kappa shape index (κ3) is 5.67. The molecule has 0 spiro atoms. The molecule has 1 aromatic heterocycles. The first kappa shape index (κ1) is 23.8. The Kier molecular flexibility index (Phi) is 8.00. The van der Waals surface area contributed by atoms with Crippen molar-refractivity contribution in [2.45, 2.75) is 26.2 Å². The number of amides is 1. The second kappa shape index (κ2) is 11.1. The maximum Gasteiger partial charge on any atom is 0.259 e. The molecule has 9 heteroatoms. The van der Waals surface area contributed by atoms with Gasteiger partial charge in [-0.25, -0.2) is 0 Å². The van der Waals surface area contributed by atoms with Gasteiger partial charge in [0.15, 0.2) is 0 Å². The molecule has 0 saturated carbocycles. The van der Waals surface area contributed by atoms with Gasteiger partial charge in [-0.2, -0.15) is 10.2 Å². The van der Waals surface area contributed by atoms with Gasteiger partial charge >= 0.3 is 0 Å². The van der Waals surface area contributed by atoms with E-state index in [9.17, 15) is 10.1 Å². The van der Waals surface area contributed by atoms with E-state index in [2.05, 4.69) is 22.8 Å². The standard InChI is InChI=1S/C24H28N6O3/c1-3-10-32-16(2)20(13-25)12-21(14-26)24-28-23(29-33-24)19-5-4-17-6-8-30(22(31)15-27)9-7-18(17)11-19/h4-5,11-12,14H,2-3,6-10,15,26-27H2,1H3/b20-12-,21-14+. The molecule has 1 aliphatic heterocycles. The van der Waals surface area contributed by atoms with Crippen LogP contribution in [0.25, 0.3) is 17.0 Å². The second-order valence-corrected chi connectivity index (χ2v) is 7.55. The number of carbonyl (C=O) groups is 1. The van der Waals surface area contributed by atoms with Crippen LogP contribution in [-0.4, -0.2) is 47.2 Å². The second-order valence-electron chi connectivity index (χ2n) is 7.55. The highest BCUT2D eigenvalue weighted by atomic mass is 16.5. The van der Waals surface area contributed by atoms with E-state index >= 15 is 0 Å². The van der Waals surface area contributed by atoms with E-state index in [0.29, 0.717) is 31.1 Å². The fourth-order valence-corrected chi connectivity index (χ4v) is 3.52. The normalized spacial score (nSPS) is 14.3. The average Bonchev–Trinajstić information content (AvgIpc) is 3.23. The quantitative estimate of drug-likeness (QED) is 0.356. The van der Waals surface area contributed by atoms with Crippen molar-refractivity contribution in [1.29, 1.82) is 5.26 Å². The van der Waals surface area contributed by atoms with Crippen molar-refractivity contribution in [3.63, 3.8) is 0 Å². The average molecular weight is 449 g/mol. The van der Waals surface area contributed by atoms with Crippen molar-refractivity contribution in [3.05, 3.63) is 65.4 Å². The van der Waals surface area contributed by atoms with Gasteiger partial charge in [0.2, 0.25) is 11.7 Å². The molecule has 0 unspecified atom stereocenters. The van der Waals surface area contributed by atoms with Crippen LogP contribution >= 0.6 is 0 Å². The molecule has 0 atom stereocenters. The molecule has 0 aliphatic carbocycles. The van der Waals surface area contributed by atoms with Gasteiger partial charge < -0.3 is 25.6 Å². The van der Waals surface area contributed by atoms with Gasteiger partial charge in [-0.3, -0.25) is 4.79 Å². The highest BCUT2D eigenvalue weighted by Crippen LogP contribution is 2.26. The molecule has 0 bridgehead atoms. The van der Waals surface area contributed by atoms with Crippen LogP contribution in [0, 0.1) is 11.3 Å². The highest BCUT2D eigenvalue weighted by molar-refractivity contribution is 5.78. The van der Waals surface area contributed by atoms with Crippen LogP contribution in [0.15, 0.2) is 52.9 Å². The van der Waals surface area contributed by atoms with Gasteiger partial charge in [0.05, 0.1) is 24.3 Å². The monoisotopic (exact) mass is 448 g/mol. The molecule has 0 radical (unpaired) electrons. The van der Waals surface area contributed by atoms with Gasteiger partial charge in [-0.05, 0) is 42.5 Å². The zero-order valence-electron chi connectivity index (χ0n) is 18.7. The molecule has 1 amide bonds. The molecule has 33 heavy (non-hydrogen) atoms. The number of carbonyl (C=O) groups excluding carboxylic acids is 1. The first-order chi connectivity index (χ1) is 16.0. The number of rotatable bonds is 8. The van der Waals surface area contributed by atoms with E-state index < -0.39 is 0 Å². The molecule has 9 nitrogen and oxygen atoms in total. The lowest BCUT2D eigenvalue weighted by atomic mass is 10.00. The Bertz CT molecular complexity index is 1130. The van der Waals surface area contributed by atoms with Crippen LogP contribution in [-0.2, 0) is 22.4 Å². The largest absolute Gasteiger partial charge is 0.493 e. The van der Waals surface area contributed by atoms with Crippen LogP contribution in [0.3, 0.4) is 0 Å². The van der Waals surface area contributed by atoms with E-state index in [1.54, 1.807) is 4.90 Å². The molecule has 4 N–H and O–H groups in total. The van der Waals surface area contributed by atoms with Gasteiger partial charge in [0.1, 0.15) is 11.8 Å². The number of ether oxygens (including phenoxy) is 1. The Balaban J connectivity index is 1.81. The molecular formula is C24H28N6O3. The van der Waals surface area contributed by atoms with E-state index in [0.717, 1.165) is 30.4 Å². The molecule has 0 saturated heterocycles. The van der Waals surface area contributed by atoms with Crippen molar-refractivity contribution in [2.24, 2.45) is 11.5 Å². The Morgan fingerprint density at radius 1 is 1.36 bits per heavy atom. The summed E-state index contributed by atoms with van der Waals surface area (Å²) in [6, 6.07) is 8.03. The SMILES string of the molecule is C=C(OCCC)/C(C#N)=C\C(=C/N)c1nc(-c2ccc3c(c2)CCN(C(=O)CN)CC3)no1. The fourth-order valence-electron chi connectivity index (χ4n) is 3.52. The van der Waals surface area contributed by atoms with Crippen LogP contribution in [0.1, 0.15) is 30.4 Å². The lowest BCUT2D eigenvalue weighted by molar-refractivity contribution is -0.129. The van der Waals surface area contributed by atoms with Crippen molar-refractivity contribution in [2.75, 3.05) is 26.2 Å². The number of allylic oxidation sites excluding steroid dienone is 3. The lowest BCUT2D eigenvalue weighted by Gasteiger charge is -2.18. The van der Waals surface area contributed by atoms with Gasteiger partial charge in [0.25, 0.3) is 5.89 Å². The number of aromatic nitrogens is 2. The van der Waals surface area contributed by atoms with Crippen molar-refractivity contribution >= 4 is 11.5 Å². The lowest BCUT2D eigenvalue weighted by Crippen LogP contribution is -2.37. The zero-order chi connectivity index (χ0) is 23.8. The molecule has 1 aromatic carbocycles. The summed E-state index contributed by atoms with van der Waals surface area (Å²) in [6.07, 6.45) is 5.09. The van der Waals surface area contributed by atoms with Crippen molar-refractivity contribution in [1.82, 2.24) is 15.0 Å². The number of fused-ring (bicyclic) bond motifs is 1. The summed E-state index contributed by atoms with van der Waals surface area (Å²) in [5.41, 5.74) is 15.0. The van der Waals surface area contributed by atoms with Gasteiger partial charge in [0, 0.05) is 24.9 Å². The fraction of sp³-hybridized carbons (Fsp3) is 0.333. The van der Waals surface area contributed by atoms with E-state index in [1.807, 2.05) is 25.1 Å². The minimum absolute atomic E-state index is 0.0181. The molecule has 3 rings (SSSR count). The molecule has 2 aromatic rings. The maximum atomic E-state index is 12.0. The summed E-state index contributed by atoms with van der Waals surface area (Å²) in [7, 11) is 0. The molecule has 2 heterocycles. The van der Waals surface area contributed by atoms with Gasteiger partial charge in [-0.1, -0.05) is 30.8 Å². The van der Waals surface area contributed by atoms with Crippen LogP contribution in [0.5, 0.6) is 0 Å². The maximum absolute atomic E-state index is 12.0. The summed E-state index contributed by atoms with van der Waals surface area (Å²) in [5, 5.41) is 13.5. The van der Waals surface area contributed by atoms with Crippen molar-refractivity contribution in [3.8, 4) is 17.5 Å². The summed E-state index contributed by atoms with van der Waals surface area (Å²) >= 11 is 0. The number of nitrogens with zero attached hydrogens (tertiary/aromatic N) is 4. The minimum atomic E-state index is -0.0421. The smallest absolute Gasteiger partial charge is 0.259 e. The summed E-state index contributed by atoms with van der Waals surface area (Å²) in [5.74, 6) is 0.795. The van der Waals surface area contributed by atoms with Crippen LogP contribution in [0.2, 0.25) is 0 Å². The number of nitrogens with two attached hydrogens (primary N) is 2. The van der Waals surface area contributed by atoms with Crippen molar-refractivity contribution < 1.29 is 14.1 Å². The predicted octanol–water partition coefficient (Wildman–Crippen LogP) is 2.31. The highest BCUT2D eigenvalue weighted by Gasteiger charge is 2.19. The Morgan fingerprint density at radius 3 is 2.79 bits per heavy atom. The van der Waals surface area contributed by atoms with Crippen LogP contribution in [0.4, 0.5) is 0 Å². The molecule has 172 valence electrons. The van der Waals surface area contributed by atoms with E-state index in [-0.39, 0.29) is 29.7 Å². The Hall–Kier alpha value is -3.90. The number of benzene rings is 1. The van der Waals surface area contributed by atoms with E-state index in [4.69, 9.17) is 20.7 Å². The minimum Gasteiger partial charge on any atom is -0.493 e. The Morgan fingerprint density at radius 2 is 2.12 bits per heavy atom. The molecule has 1 aliphatic rings. The summed E-state index contributed by atoms with van der Waals surface area (Å²) < 4.78 is 10.9. The third-order valence-corrected chi connectivity index (χ3v) is 5.35. The van der Waals surface area contributed by atoms with Crippen LogP contribution < -0.4 is 11.5 Å².